The zero-order valence-corrected chi connectivity index (χ0v) is 13.2. The summed E-state index contributed by atoms with van der Waals surface area (Å²) in [5, 5.41) is 3.29. The third-order valence-corrected chi connectivity index (χ3v) is 3.37. The molecule has 1 atom stereocenters. The van der Waals surface area contributed by atoms with E-state index in [1.165, 1.54) is 6.07 Å². The van der Waals surface area contributed by atoms with E-state index in [0.717, 1.165) is 17.8 Å². The summed E-state index contributed by atoms with van der Waals surface area (Å²) in [5.74, 6) is -0.154. The monoisotopic (exact) mass is 282 g/mol. The first-order valence-electron chi connectivity index (χ1n) is 7.27. The largest absolute Gasteiger partial charge is 0.383 e. The minimum absolute atomic E-state index is 0.154. The molecule has 0 aliphatic rings. The maximum Gasteiger partial charge on any atom is 0.129 e. The summed E-state index contributed by atoms with van der Waals surface area (Å²) in [6.07, 6.45) is 0. The SMILES string of the molecule is CCN(c1cccc(F)c1CNC(C)C)C(C)COC. The van der Waals surface area contributed by atoms with Crippen molar-refractivity contribution >= 4 is 5.69 Å². The van der Waals surface area contributed by atoms with E-state index in [9.17, 15) is 4.39 Å². The van der Waals surface area contributed by atoms with Crippen LogP contribution in [0, 0.1) is 5.82 Å². The van der Waals surface area contributed by atoms with Crippen molar-refractivity contribution < 1.29 is 9.13 Å². The highest BCUT2D eigenvalue weighted by Crippen LogP contribution is 2.25. The third-order valence-electron chi connectivity index (χ3n) is 3.37. The summed E-state index contributed by atoms with van der Waals surface area (Å²) < 4.78 is 19.4. The Balaban J connectivity index is 3.04. The van der Waals surface area contributed by atoms with Crippen molar-refractivity contribution in [3.8, 4) is 0 Å². The topological polar surface area (TPSA) is 24.5 Å². The summed E-state index contributed by atoms with van der Waals surface area (Å²) in [5.41, 5.74) is 1.68. The molecule has 3 nitrogen and oxygen atoms in total. The van der Waals surface area contributed by atoms with Gasteiger partial charge in [0.05, 0.1) is 6.61 Å². The lowest BCUT2D eigenvalue weighted by molar-refractivity contribution is 0.182. The van der Waals surface area contributed by atoms with Gasteiger partial charge < -0.3 is 15.0 Å². The summed E-state index contributed by atoms with van der Waals surface area (Å²) in [7, 11) is 1.69. The Labute approximate surface area is 122 Å². The van der Waals surface area contributed by atoms with Gasteiger partial charge in [0.15, 0.2) is 0 Å². The first-order chi connectivity index (χ1) is 9.51. The Morgan fingerprint density at radius 2 is 2.00 bits per heavy atom. The first-order valence-corrected chi connectivity index (χ1v) is 7.27. The van der Waals surface area contributed by atoms with Crippen LogP contribution >= 0.6 is 0 Å². The number of nitrogens with zero attached hydrogens (tertiary/aromatic N) is 1. The maximum absolute atomic E-state index is 14.1. The normalized spacial score (nSPS) is 12.8. The Morgan fingerprint density at radius 3 is 2.55 bits per heavy atom. The summed E-state index contributed by atoms with van der Waals surface area (Å²) in [6, 6.07) is 5.82. The number of likely N-dealkylation sites (N-methyl/N-ethyl adjacent to an activating group) is 1. The van der Waals surface area contributed by atoms with Crippen molar-refractivity contribution in [1.29, 1.82) is 0 Å². The fraction of sp³-hybridized carbons (Fsp3) is 0.625. The van der Waals surface area contributed by atoms with Gasteiger partial charge in [0.1, 0.15) is 5.82 Å². The zero-order chi connectivity index (χ0) is 15.1. The number of methoxy groups -OCH3 is 1. The van der Waals surface area contributed by atoms with Crippen molar-refractivity contribution in [3.63, 3.8) is 0 Å². The van der Waals surface area contributed by atoms with Crippen molar-refractivity contribution in [2.75, 3.05) is 25.2 Å². The second kappa shape index (κ2) is 8.22. The van der Waals surface area contributed by atoms with Crippen LogP contribution in [-0.2, 0) is 11.3 Å². The molecular weight excluding hydrogens is 255 g/mol. The highest BCUT2D eigenvalue weighted by molar-refractivity contribution is 5.55. The molecule has 114 valence electrons. The molecule has 0 spiro atoms. The average Bonchev–Trinajstić information content (AvgIpc) is 2.39. The van der Waals surface area contributed by atoms with Crippen LogP contribution in [-0.4, -0.2) is 32.3 Å². The Bertz CT molecular complexity index is 409. The molecule has 4 heteroatoms. The van der Waals surface area contributed by atoms with Crippen LogP contribution in [0.3, 0.4) is 0 Å². The highest BCUT2D eigenvalue weighted by Gasteiger charge is 2.18. The predicted molar refractivity (Wildman–Crippen MR) is 82.7 cm³/mol. The second-order valence-electron chi connectivity index (χ2n) is 5.36. The van der Waals surface area contributed by atoms with E-state index in [-0.39, 0.29) is 11.9 Å². The number of hydrogen-bond donors (Lipinski definition) is 1. The van der Waals surface area contributed by atoms with Gasteiger partial charge in [-0.05, 0) is 26.0 Å². The van der Waals surface area contributed by atoms with E-state index in [0.29, 0.717) is 19.2 Å². The number of ether oxygens (including phenoxy) is 1. The lowest BCUT2D eigenvalue weighted by Gasteiger charge is -2.32. The van der Waals surface area contributed by atoms with Gasteiger partial charge in [0, 0.05) is 43.5 Å². The molecule has 1 rings (SSSR count). The van der Waals surface area contributed by atoms with Crippen LogP contribution in [0.4, 0.5) is 10.1 Å². The molecule has 0 bridgehead atoms. The van der Waals surface area contributed by atoms with Crippen LogP contribution in [0.2, 0.25) is 0 Å². The van der Waals surface area contributed by atoms with Crippen LogP contribution in [0.15, 0.2) is 18.2 Å². The number of hydrogen-bond acceptors (Lipinski definition) is 3. The minimum atomic E-state index is -0.154. The molecule has 0 heterocycles. The number of nitrogens with one attached hydrogen (secondary N) is 1. The summed E-state index contributed by atoms with van der Waals surface area (Å²) in [6.45, 7) is 10.3. The molecule has 20 heavy (non-hydrogen) atoms. The molecule has 0 amide bonds. The Hall–Kier alpha value is -1.13. The summed E-state index contributed by atoms with van der Waals surface area (Å²) >= 11 is 0. The number of halogens is 1. The highest BCUT2D eigenvalue weighted by atomic mass is 19.1. The van der Waals surface area contributed by atoms with Gasteiger partial charge in [0.25, 0.3) is 0 Å². The lowest BCUT2D eigenvalue weighted by atomic mass is 10.1. The first kappa shape index (κ1) is 16.9. The molecule has 0 saturated heterocycles. The molecule has 1 aromatic carbocycles. The van der Waals surface area contributed by atoms with Gasteiger partial charge in [-0.15, -0.1) is 0 Å². The number of anilines is 1. The molecular formula is C16H27FN2O. The van der Waals surface area contributed by atoms with E-state index in [1.807, 2.05) is 6.07 Å². The second-order valence-corrected chi connectivity index (χ2v) is 5.36. The molecule has 1 N–H and O–H groups in total. The lowest BCUT2D eigenvalue weighted by Crippen LogP contribution is -2.37. The van der Waals surface area contributed by atoms with Crippen molar-refractivity contribution in [2.24, 2.45) is 0 Å². The van der Waals surface area contributed by atoms with Crippen LogP contribution < -0.4 is 10.2 Å². The molecule has 1 aromatic rings. The van der Waals surface area contributed by atoms with Crippen molar-refractivity contribution in [3.05, 3.63) is 29.6 Å². The fourth-order valence-corrected chi connectivity index (χ4v) is 2.35. The fourth-order valence-electron chi connectivity index (χ4n) is 2.35. The molecule has 0 aliphatic heterocycles. The molecule has 0 aromatic heterocycles. The number of rotatable bonds is 8. The Morgan fingerprint density at radius 1 is 1.30 bits per heavy atom. The van der Waals surface area contributed by atoms with Crippen LogP contribution in [0.1, 0.15) is 33.3 Å². The number of benzene rings is 1. The van der Waals surface area contributed by atoms with E-state index < -0.39 is 0 Å². The molecule has 0 radical (unpaired) electrons. The van der Waals surface area contributed by atoms with Gasteiger partial charge in [-0.1, -0.05) is 19.9 Å². The minimum Gasteiger partial charge on any atom is -0.383 e. The van der Waals surface area contributed by atoms with Gasteiger partial charge >= 0.3 is 0 Å². The van der Waals surface area contributed by atoms with Crippen molar-refractivity contribution in [1.82, 2.24) is 5.32 Å². The van der Waals surface area contributed by atoms with Gasteiger partial charge in [0.2, 0.25) is 0 Å². The smallest absolute Gasteiger partial charge is 0.129 e. The summed E-state index contributed by atoms with van der Waals surface area (Å²) in [4.78, 5) is 2.18. The van der Waals surface area contributed by atoms with Crippen LogP contribution in [0.5, 0.6) is 0 Å². The maximum atomic E-state index is 14.1. The zero-order valence-electron chi connectivity index (χ0n) is 13.2. The standard InChI is InChI=1S/C16H27FN2O/c1-6-19(13(4)11-20-5)16-9-7-8-15(17)14(16)10-18-12(2)3/h7-9,12-13,18H,6,10-11H2,1-5H3. The molecule has 0 saturated carbocycles. The van der Waals surface area contributed by atoms with Gasteiger partial charge in [-0.2, -0.15) is 0 Å². The quantitative estimate of drug-likeness (QED) is 0.792. The van der Waals surface area contributed by atoms with Gasteiger partial charge in [-0.3, -0.25) is 0 Å². The molecule has 0 aliphatic carbocycles. The average molecular weight is 282 g/mol. The van der Waals surface area contributed by atoms with E-state index in [4.69, 9.17) is 4.74 Å². The van der Waals surface area contributed by atoms with Gasteiger partial charge in [-0.25, -0.2) is 4.39 Å². The third kappa shape index (κ3) is 4.46. The van der Waals surface area contributed by atoms with Crippen molar-refractivity contribution in [2.45, 2.75) is 46.3 Å². The van der Waals surface area contributed by atoms with E-state index in [1.54, 1.807) is 13.2 Å². The molecule has 0 fully saturated rings. The van der Waals surface area contributed by atoms with E-state index in [2.05, 4.69) is 37.9 Å². The Kier molecular flexibility index (Phi) is 6.96. The predicted octanol–water partition coefficient (Wildman–Crippen LogP) is 3.18. The van der Waals surface area contributed by atoms with Crippen LogP contribution in [0.25, 0.3) is 0 Å². The molecule has 1 unspecified atom stereocenters. The van der Waals surface area contributed by atoms with E-state index >= 15 is 0 Å².